The van der Waals surface area contributed by atoms with Gasteiger partial charge in [-0.05, 0) is 67.0 Å². The van der Waals surface area contributed by atoms with Gasteiger partial charge in [-0.2, -0.15) is 0 Å². The van der Waals surface area contributed by atoms with Crippen molar-refractivity contribution in [3.8, 4) is 10.4 Å². The molecule has 11 heteroatoms. The average molecular weight is 615 g/mol. The highest BCUT2D eigenvalue weighted by Gasteiger charge is 2.42. The smallest absolute Gasteiger partial charge is 0.341 e. The van der Waals surface area contributed by atoms with E-state index in [4.69, 9.17) is 21.9 Å². The predicted molar refractivity (Wildman–Crippen MR) is 174 cm³/mol. The van der Waals surface area contributed by atoms with Crippen molar-refractivity contribution in [3.05, 3.63) is 114 Å². The molecule has 2 heterocycles. The number of hydrogen-bond acceptors (Lipinski definition) is 10. The molecule has 1 unspecified atom stereocenters. The fourth-order valence-corrected chi connectivity index (χ4v) is 6.63. The molecule has 0 saturated heterocycles. The minimum atomic E-state index is -1.47. The summed E-state index contributed by atoms with van der Waals surface area (Å²) < 4.78 is 5.93. The minimum Gasteiger partial charge on any atom is -0.411 e. The number of carbonyl (C=O) groups excluding carboxylic acids is 2. The van der Waals surface area contributed by atoms with Gasteiger partial charge in [0, 0.05) is 36.0 Å². The number of thiazole rings is 1. The monoisotopic (exact) mass is 614 g/mol. The molecule has 0 aliphatic carbocycles. The lowest BCUT2D eigenvalue weighted by molar-refractivity contribution is -0.0302. The van der Waals surface area contributed by atoms with Gasteiger partial charge in [0.2, 0.25) is 0 Å². The van der Waals surface area contributed by atoms with Crippen molar-refractivity contribution in [1.29, 1.82) is 0 Å². The molecule has 0 spiro atoms. The molecule has 6 N–H and O–H groups in total. The Hall–Kier alpha value is -4.00. The zero-order valence-electron chi connectivity index (χ0n) is 23.6. The van der Waals surface area contributed by atoms with E-state index in [1.807, 2.05) is 66.9 Å². The SMILES string of the molecule is NCCCN(C(=O)c1cccc(C(=O)OC2(N)SC(c3ccccc3)=CN2CCCN)c1)c1ncc(-c2ccccc2)s1. The van der Waals surface area contributed by atoms with Crippen LogP contribution in [-0.4, -0.2) is 53.1 Å². The summed E-state index contributed by atoms with van der Waals surface area (Å²) in [7, 11) is 0. The third-order valence-corrected chi connectivity index (χ3v) is 9.03. The molecule has 1 atom stereocenters. The molecule has 4 aromatic rings. The number of benzene rings is 3. The maximum atomic E-state index is 13.8. The quantitative estimate of drug-likeness (QED) is 0.150. The summed E-state index contributed by atoms with van der Waals surface area (Å²) in [6.07, 6.45) is 4.92. The second-order valence-corrected chi connectivity index (χ2v) is 12.1. The van der Waals surface area contributed by atoms with Crippen LogP contribution in [0.2, 0.25) is 0 Å². The van der Waals surface area contributed by atoms with E-state index >= 15 is 0 Å². The van der Waals surface area contributed by atoms with Crippen molar-refractivity contribution in [2.75, 3.05) is 31.1 Å². The number of thioether (sulfide) groups is 1. The normalized spacial score (nSPS) is 16.2. The standard InChI is InChI=1S/C32H34N6O3S2/c33-16-8-18-37-22-28(24-12-5-2-6-13-24)43-32(37,35)41-30(40)26-15-7-14-25(20-26)29(39)38(19-9-17-34)31-36-21-27(42-31)23-10-3-1-4-11-23/h1-7,10-15,20-22H,8-9,16-19,33-35H2. The largest absolute Gasteiger partial charge is 0.411 e. The zero-order chi connectivity index (χ0) is 30.2. The van der Waals surface area contributed by atoms with Crippen molar-refractivity contribution in [1.82, 2.24) is 9.88 Å². The summed E-state index contributed by atoms with van der Waals surface area (Å²) >= 11 is 2.68. The van der Waals surface area contributed by atoms with Crippen LogP contribution < -0.4 is 22.1 Å². The van der Waals surface area contributed by atoms with E-state index in [1.165, 1.54) is 29.2 Å². The summed E-state index contributed by atoms with van der Waals surface area (Å²) in [6, 6.07) is 26.1. The number of hydrogen-bond donors (Lipinski definition) is 3. The number of nitrogens with two attached hydrogens (primary N) is 3. The fourth-order valence-electron chi connectivity index (χ4n) is 4.56. The van der Waals surface area contributed by atoms with Crippen molar-refractivity contribution in [2.45, 2.75) is 18.0 Å². The highest BCUT2D eigenvalue weighted by Crippen LogP contribution is 2.45. The lowest BCUT2D eigenvalue weighted by Crippen LogP contribution is -2.52. The Morgan fingerprint density at radius 2 is 1.56 bits per heavy atom. The van der Waals surface area contributed by atoms with Gasteiger partial charge in [0.25, 0.3) is 11.1 Å². The molecule has 1 aliphatic heterocycles. The van der Waals surface area contributed by atoms with Crippen LogP contribution >= 0.6 is 23.1 Å². The highest BCUT2D eigenvalue weighted by molar-refractivity contribution is 8.09. The molecule has 1 aromatic heterocycles. The third kappa shape index (κ3) is 7.15. The third-order valence-electron chi connectivity index (χ3n) is 6.79. The van der Waals surface area contributed by atoms with Gasteiger partial charge in [-0.15, -0.1) is 0 Å². The van der Waals surface area contributed by atoms with Crippen molar-refractivity contribution >= 4 is 45.0 Å². The molecule has 222 valence electrons. The summed E-state index contributed by atoms with van der Waals surface area (Å²) in [4.78, 5) is 37.0. The Morgan fingerprint density at radius 3 is 2.26 bits per heavy atom. The molecule has 3 aromatic carbocycles. The maximum absolute atomic E-state index is 13.8. The van der Waals surface area contributed by atoms with Crippen LogP contribution in [0.25, 0.3) is 15.3 Å². The lowest BCUT2D eigenvalue weighted by atomic mass is 10.1. The van der Waals surface area contributed by atoms with Crippen LogP contribution in [0.4, 0.5) is 5.13 Å². The van der Waals surface area contributed by atoms with Crippen LogP contribution in [0.1, 0.15) is 39.1 Å². The summed E-state index contributed by atoms with van der Waals surface area (Å²) in [5.74, 6) is -0.924. The van der Waals surface area contributed by atoms with Gasteiger partial charge < -0.3 is 21.1 Å². The highest BCUT2D eigenvalue weighted by atomic mass is 32.2. The number of nitrogens with zero attached hydrogens (tertiary/aromatic N) is 3. The predicted octanol–water partition coefficient (Wildman–Crippen LogP) is 4.93. The number of ether oxygens (including phenoxy) is 1. The molecule has 0 bridgehead atoms. The van der Waals surface area contributed by atoms with Gasteiger partial charge in [0.1, 0.15) is 0 Å². The average Bonchev–Trinajstić information content (AvgIpc) is 3.66. The van der Waals surface area contributed by atoms with E-state index in [9.17, 15) is 9.59 Å². The first-order valence-corrected chi connectivity index (χ1v) is 15.6. The lowest BCUT2D eigenvalue weighted by Gasteiger charge is -2.33. The van der Waals surface area contributed by atoms with E-state index in [1.54, 1.807) is 34.2 Å². The van der Waals surface area contributed by atoms with Gasteiger partial charge in [0.05, 0.1) is 10.4 Å². The molecule has 0 saturated carbocycles. The van der Waals surface area contributed by atoms with Crippen LogP contribution in [0.3, 0.4) is 0 Å². The summed E-state index contributed by atoms with van der Waals surface area (Å²) in [5, 5.41) is -0.914. The Bertz CT molecular complexity index is 1580. The molecule has 9 nitrogen and oxygen atoms in total. The maximum Gasteiger partial charge on any atom is 0.341 e. The van der Waals surface area contributed by atoms with Gasteiger partial charge >= 0.3 is 5.97 Å². The number of carbonyl (C=O) groups is 2. The minimum absolute atomic E-state index is 0.214. The van der Waals surface area contributed by atoms with E-state index in [-0.39, 0.29) is 11.5 Å². The molecular formula is C32H34N6O3S2. The molecule has 43 heavy (non-hydrogen) atoms. The number of anilines is 1. The first kappa shape index (κ1) is 30.5. The van der Waals surface area contributed by atoms with E-state index < -0.39 is 11.2 Å². The van der Waals surface area contributed by atoms with Crippen LogP contribution in [0, 0.1) is 0 Å². The first-order valence-electron chi connectivity index (χ1n) is 14.0. The Balaban J connectivity index is 1.36. The summed E-state index contributed by atoms with van der Waals surface area (Å²) in [6.45, 7) is 1.79. The van der Waals surface area contributed by atoms with Crippen LogP contribution in [0.15, 0.2) is 97.3 Å². The van der Waals surface area contributed by atoms with Gasteiger partial charge in [-0.25, -0.2) is 9.78 Å². The van der Waals surface area contributed by atoms with Crippen LogP contribution in [0.5, 0.6) is 0 Å². The van der Waals surface area contributed by atoms with E-state index in [0.717, 1.165) is 20.9 Å². The van der Waals surface area contributed by atoms with Crippen LogP contribution in [-0.2, 0) is 4.74 Å². The second-order valence-electron chi connectivity index (χ2n) is 9.87. The second kappa shape index (κ2) is 14.0. The van der Waals surface area contributed by atoms with E-state index in [2.05, 4.69) is 4.98 Å². The van der Waals surface area contributed by atoms with Crippen molar-refractivity contribution in [3.63, 3.8) is 0 Å². The van der Waals surface area contributed by atoms with Crippen molar-refractivity contribution in [2.24, 2.45) is 17.2 Å². The molecule has 5 rings (SSSR count). The topological polar surface area (TPSA) is 141 Å². The number of rotatable bonds is 12. The summed E-state index contributed by atoms with van der Waals surface area (Å²) in [5.41, 5.74) is 20.8. The molecule has 1 aliphatic rings. The molecule has 0 radical (unpaired) electrons. The number of aromatic nitrogens is 1. The zero-order valence-corrected chi connectivity index (χ0v) is 25.2. The van der Waals surface area contributed by atoms with Crippen molar-refractivity contribution < 1.29 is 14.3 Å². The van der Waals surface area contributed by atoms with Gasteiger partial charge in [0.15, 0.2) is 5.13 Å². The molecule has 0 fully saturated rings. The fraction of sp³-hybridized carbons (Fsp3) is 0.219. The van der Waals surface area contributed by atoms with Gasteiger partial charge in [-0.3, -0.25) is 15.4 Å². The Morgan fingerprint density at radius 1 is 0.884 bits per heavy atom. The first-order chi connectivity index (χ1) is 20.9. The number of esters is 1. The van der Waals surface area contributed by atoms with Gasteiger partial charge in [-0.1, -0.05) is 78.1 Å². The number of amides is 1. The Kier molecular flexibility index (Phi) is 9.90. The Labute approximate surface area is 259 Å². The molecular weight excluding hydrogens is 581 g/mol. The van der Waals surface area contributed by atoms with E-state index in [0.29, 0.717) is 49.7 Å². The molecule has 1 amide bonds.